The third-order valence-electron chi connectivity index (χ3n) is 0.993. The van der Waals surface area contributed by atoms with Gasteiger partial charge in [0.05, 0.1) is 5.22 Å². The summed E-state index contributed by atoms with van der Waals surface area (Å²) in [6, 6.07) is -0.537. The predicted molar refractivity (Wildman–Crippen MR) is 25.6 cm³/mol. The normalized spacial score (nSPS) is 32.3. The first-order valence-electron chi connectivity index (χ1n) is 2.24. The Morgan fingerprint density at radius 1 is 1.78 bits per heavy atom. The molecule has 0 bridgehead atoms. The second-order valence-corrected chi connectivity index (χ2v) is 1.74. The van der Waals surface area contributed by atoms with Gasteiger partial charge in [0.2, 0.25) is 0 Å². The molecule has 1 aliphatic rings. The van der Waals surface area contributed by atoms with Crippen LogP contribution in [0.2, 0.25) is 0 Å². The highest BCUT2D eigenvalue weighted by molar-refractivity contribution is 5.73. The van der Waals surface area contributed by atoms with Gasteiger partial charge in [0, 0.05) is 0 Å². The molecule has 1 atom stereocenters. The van der Waals surface area contributed by atoms with E-state index in [4.69, 9.17) is 0 Å². The van der Waals surface area contributed by atoms with E-state index >= 15 is 0 Å². The van der Waals surface area contributed by atoms with Crippen LogP contribution in [0.25, 0.3) is 0 Å². The molecule has 0 radical (unpaired) electrons. The molecule has 3 amide bonds. The Morgan fingerprint density at radius 2 is 2.44 bits per heavy atom. The summed E-state index contributed by atoms with van der Waals surface area (Å²) >= 11 is 0. The van der Waals surface area contributed by atoms with Crippen LogP contribution in [0.15, 0.2) is 10.4 Å². The Kier molecular flexibility index (Phi) is 1.03. The lowest BCUT2D eigenvalue weighted by molar-refractivity contribution is -0.746. The fourth-order valence-corrected chi connectivity index (χ4v) is 0.369. The molecular weight excluding hydrogens is 124 g/mol. The van der Waals surface area contributed by atoms with Gasteiger partial charge in [-0.25, -0.2) is 9.59 Å². The maximum absolute atomic E-state index is 10.6. The first-order chi connectivity index (χ1) is 4.19. The maximum atomic E-state index is 10.6. The van der Waals surface area contributed by atoms with Crippen molar-refractivity contribution < 1.29 is 14.2 Å². The highest BCUT2D eigenvalue weighted by atomic mass is 16.2. The zero-order valence-electron chi connectivity index (χ0n) is 4.74. The van der Waals surface area contributed by atoms with Crippen LogP contribution in [-0.4, -0.2) is 24.1 Å². The fourth-order valence-electron chi connectivity index (χ4n) is 0.369. The molecular formula is C3H5N4O2+. The summed E-state index contributed by atoms with van der Waals surface area (Å²) in [4.78, 5) is 20.7. The Hall–Kier alpha value is -1.30. The number of hydrogen-bond acceptors (Lipinski definition) is 4. The lowest BCUT2D eigenvalue weighted by Gasteiger charge is -2.04. The Morgan fingerprint density at radius 3 is 2.67 bits per heavy atom. The highest BCUT2D eigenvalue weighted by Gasteiger charge is 2.37. The number of nitrogens with one attached hydrogen (secondary N) is 1. The van der Waals surface area contributed by atoms with E-state index in [0.29, 0.717) is 6.41 Å². The number of carbonyl (C=O) groups is 2. The Balaban J connectivity index is 2.90. The summed E-state index contributed by atoms with van der Waals surface area (Å²) in [7, 11) is 1.33. The van der Waals surface area contributed by atoms with Gasteiger partial charge < -0.3 is 0 Å². The van der Waals surface area contributed by atoms with E-state index in [-0.39, 0.29) is 0 Å². The number of rotatable bonds is 1. The Labute approximate surface area is 50.7 Å². The van der Waals surface area contributed by atoms with E-state index in [1.54, 1.807) is 0 Å². The average molecular weight is 129 g/mol. The van der Waals surface area contributed by atoms with Crippen LogP contribution in [0.3, 0.4) is 0 Å². The molecule has 1 rings (SSSR count). The minimum Gasteiger partial charge on any atom is -0.230 e. The van der Waals surface area contributed by atoms with Crippen molar-refractivity contribution in [2.45, 2.75) is 0 Å². The van der Waals surface area contributed by atoms with Crippen molar-refractivity contribution in [1.29, 1.82) is 0 Å². The molecule has 9 heavy (non-hydrogen) atoms. The topological polar surface area (TPSA) is 70.9 Å². The first-order valence-corrected chi connectivity index (χ1v) is 2.24. The lowest BCUT2D eigenvalue weighted by atomic mass is 10.8. The SMILES string of the molecule is C[N+]1(C=O)N=NNC1=O. The molecule has 1 heterocycles. The maximum Gasteiger partial charge on any atom is 0.473 e. The van der Waals surface area contributed by atoms with Gasteiger partial charge in [-0.2, -0.15) is 5.43 Å². The summed E-state index contributed by atoms with van der Waals surface area (Å²) in [5.74, 6) is 0. The van der Waals surface area contributed by atoms with E-state index in [0.717, 1.165) is 0 Å². The van der Waals surface area contributed by atoms with E-state index in [1.807, 2.05) is 5.43 Å². The third-order valence-corrected chi connectivity index (χ3v) is 0.993. The number of carbonyl (C=O) groups excluding carboxylic acids is 2. The summed E-state index contributed by atoms with van der Waals surface area (Å²) in [6.07, 6.45) is 0.395. The quantitative estimate of drug-likeness (QED) is 0.386. The number of amides is 3. The van der Waals surface area contributed by atoms with E-state index in [2.05, 4.69) is 10.4 Å². The molecule has 0 saturated heterocycles. The minimum atomic E-state index is -0.667. The third kappa shape index (κ3) is 0.685. The van der Waals surface area contributed by atoms with Gasteiger partial charge in [-0.15, -0.1) is 0 Å². The van der Waals surface area contributed by atoms with Crippen molar-refractivity contribution in [3.63, 3.8) is 0 Å². The highest BCUT2D eigenvalue weighted by Crippen LogP contribution is 2.05. The molecule has 0 aromatic heterocycles. The average Bonchev–Trinajstić information content (AvgIpc) is 2.15. The molecule has 0 fully saturated rings. The molecule has 0 aromatic carbocycles. The Bertz CT molecular complexity index is 188. The standard InChI is InChI=1S/C3H4N4O2/c1-7(2-8)3(9)4-5-6-7/h2H,1H3/p+1. The van der Waals surface area contributed by atoms with Gasteiger partial charge in [0.1, 0.15) is 7.05 Å². The molecule has 1 N–H and O–H groups in total. The molecule has 1 aliphatic heterocycles. The van der Waals surface area contributed by atoms with Crippen LogP contribution in [0.5, 0.6) is 0 Å². The van der Waals surface area contributed by atoms with Gasteiger partial charge >= 0.3 is 12.4 Å². The van der Waals surface area contributed by atoms with Crippen LogP contribution in [0, 0.1) is 0 Å². The van der Waals surface area contributed by atoms with Crippen LogP contribution < -0.4 is 5.43 Å². The largest absolute Gasteiger partial charge is 0.473 e. The van der Waals surface area contributed by atoms with E-state index in [9.17, 15) is 9.59 Å². The number of urea groups is 1. The summed E-state index contributed by atoms with van der Waals surface area (Å²) in [6.45, 7) is 0. The fraction of sp³-hybridized carbons (Fsp3) is 0.333. The zero-order valence-corrected chi connectivity index (χ0v) is 4.74. The molecule has 0 aromatic rings. The first kappa shape index (κ1) is 5.83. The van der Waals surface area contributed by atoms with E-state index in [1.165, 1.54) is 7.05 Å². The molecule has 6 heteroatoms. The monoisotopic (exact) mass is 129 g/mol. The molecule has 0 saturated carbocycles. The van der Waals surface area contributed by atoms with Crippen LogP contribution in [0.1, 0.15) is 0 Å². The van der Waals surface area contributed by atoms with Crippen LogP contribution in [-0.2, 0) is 4.79 Å². The van der Waals surface area contributed by atoms with Gasteiger partial charge in [-0.1, -0.05) is 0 Å². The van der Waals surface area contributed by atoms with Gasteiger partial charge in [-0.3, -0.25) is 0 Å². The zero-order chi connectivity index (χ0) is 6.91. The lowest BCUT2D eigenvalue weighted by Crippen LogP contribution is -2.42. The van der Waals surface area contributed by atoms with Crippen molar-refractivity contribution in [3.8, 4) is 0 Å². The molecule has 6 nitrogen and oxygen atoms in total. The van der Waals surface area contributed by atoms with Crippen LogP contribution in [0.4, 0.5) is 4.79 Å². The van der Waals surface area contributed by atoms with Crippen molar-refractivity contribution in [3.05, 3.63) is 0 Å². The summed E-state index contributed by atoms with van der Waals surface area (Å²) < 4.78 is -0.667. The smallest absolute Gasteiger partial charge is 0.230 e. The minimum absolute atomic E-state index is 0.395. The predicted octanol–water partition coefficient (Wildman–Crippen LogP) is -0.405. The van der Waals surface area contributed by atoms with Gasteiger partial charge in [-0.05, 0) is 9.82 Å². The van der Waals surface area contributed by atoms with Crippen molar-refractivity contribution >= 4 is 12.4 Å². The number of nitrogens with zero attached hydrogens (tertiary/aromatic N) is 3. The molecule has 0 spiro atoms. The summed E-state index contributed by atoms with van der Waals surface area (Å²) in [5, 5.41) is 6.46. The number of hydrogen-bond donors (Lipinski definition) is 1. The van der Waals surface area contributed by atoms with Gasteiger partial charge in [0.25, 0.3) is 0 Å². The van der Waals surface area contributed by atoms with Crippen LogP contribution >= 0.6 is 0 Å². The van der Waals surface area contributed by atoms with E-state index < -0.39 is 10.6 Å². The van der Waals surface area contributed by atoms with Crippen molar-refractivity contribution in [2.75, 3.05) is 7.05 Å². The van der Waals surface area contributed by atoms with Crippen molar-refractivity contribution in [2.24, 2.45) is 10.4 Å². The second-order valence-electron chi connectivity index (χ2n) is 1.74. The molecule has 0 aliphatic carbocycles. The number of quaternary nitrogens is 1. The van der Waals surface area contributed by atoms with Crippen molar-refractivity contribution in [1.82, 2.24) is 5.43 Å². The summed E-state index contributed by atoms with van der Waals surface area (Å²) in [5.41, 5.74) is 2.02. The molecule has 48 valence electrons. The van der Waals surface area contributed by atoms with Gasteiger partial charge in [0.15, 0.2) is 0 Å². The second kappa shape index (κ2) is 1.59. The molecule has 1 unspecified atom stereocenters. The number of imide groups is 1.